The van der Waals surface area contributed by atoms with Crippen molar-refractivity contribution in [3.05, 3.63) is 53.9 Å². The van der Waals surface area contributed by atoms with E-state index in [4.69, 9.17) is 10.00 Å². The topological polar surface area (TPSA) is 107 Å². The van der Waals surface area contributed by atoms with E-state index in [2.05, 4.69) is 15.6 Å². The summed E-state index contributed by atoms with van der Waals surface area (Å²) in [4.78, 5) is 30.1. The van der Waals surface area contributed by atoms with Gasteiger partial charge in [0, 0.05) is 36.7 Å². The van der Waals surface area contributed by atoms with Gasteiger partial charge in [-0.15, -0.1) is 0 Å². The first kappa shape index (κ1) is 20.1. The van der Waals surface area contributed by atoms with Gasteiger partial charge >= 0.3 is 6.09 Å². The molecule has 0 saturated carbocycles. The molecule has 2 aromatic rings. The summed E-state index contributed by atoms with van der Waals surface area (Å²) >= 11 is 0. The Kier molecular flexibility index (Phi) is 6.63. The number of hydrogen-bond donors (Lipinski definition) is 2. The van der Waals surface area contributed by atoms with Gasteiger partial charge in [0.15, 0.2) is 0 Å². The normalized spacial score (nSPS) is 14.0. The Bertz CT molecular complexity index is 899. The van der Waals surface area contributed by atoms with Crippen LogP contribution in [0.2, 0.25) is 0 Å². The zero-order valence-electron chi connectivity index (χ0n) is 16.2. The highest BCUT2D eigenvalue weighted by atomic mass is 16.6. The number of amides is 2. The fraction of sp³-hybridized carbons (Fsp3) is 0.333. The van der Waals surface area contributed by atoms with Crippen molar-refractivity contribution in [1.82, 2.24) is 9.88 Å². The molecule has 8 heteroatoms. The van der Waals surface area contributed by atoms with Gasteiger partial charge in [-0.1, -0.05) is 0 Å². The minimum Gasteiger partial charge on any atom is -0.450 e. The summed E-state index contributed by atoms with van der Waals surface area (Å²) in [7, 11) is 0. The number of nitrogens with one attached hydrogen (secondary N) is 2. The van der Waals surface area contributed by atoms with Crippen molar-refractivity contribution in [2.24, 2.45) is 0 Å². The zero-order valence-corrected chi connectivity index (χ0v) is 16.2. The second kappa shape index (κ2) is 9.55. The van der Waals surface area contributed by atoms with E-state index in [1.807, 2.05) is 12.1 Å². The molecule has 1 aromatic carbocycles. The van der Waals surface area contributed by atoms with Crippen LogP contribution in [0, 0.1) is 11.3 Å². The van der Waals surface area contributed by atoms with Gasteiger partial charge in [-0.3, -0.25) is 9.78 Å². The molecule has 0 aliphatic carbocycles. The van der Waals surface area contributed by atoms with Crippen molar-refractivity contribution in [1.29, 1.82) is 5.26 Å². The second-order valence-corrected chi connectivity index (χ2v) is 6.68. The minimum absolute atomic E-state index is 0.206. The number of nitrogens with zero attached hydrogens (tertiary/aromatic N) is 3. The third-order valence-electron chi connectivity index (χ3n) is 4.66. The van der Waals surface area contributed by atoms with Crippen LogP contribution in [-0.4, -0.2) is 47.6 Å². The number of pyridine rings is 1. The third-order valence-corrected chi connectivity index (χ3v) is 4.66. The molecule has 1 aromatic heterocycles. The highest BCUT2D eigenvalue weighted by Gasteiger charge is 2.23. The monoisotopic (exact) mass is 393 g/mol. The Morgan fingerprint density at radius 2 is 1.93 bits per heavy atom. The number of aromatic nitrogens is 1. The molecule has 2 N–H and O–H groups in total. The van der Waals surface area contributed by atoms with Gasteiger partial charge in [0.2, 0.25) is 0 Å². The standard InChI is InChI=1S/C21H23N5O3/c1-2-29-21(28)26-11-8-17(9-12-26)24-18-7-10-23-19(13-18)20(27)25-16-5-3-15(14-22)4-6-16/h3-7,10,13,17H,2,8-9,11-12H2,1H3,(H,23,24)(H,25,27). The fourth-order valence-electron chi connectivity index (χ4n) is 3.12. The number of carbonyl (C=O) groups excluding carboxylic acids is 2. The molecule has 0 radical (unpaired) electrons. The van der Waals surface area contributed by atoms with Crippen molar-refractivity contribution in [2.75, 3.05) is 30.3 Å². The molecule has 0 bridgehead atoms. The van der Waals surface area contributed by atoms with Crippen molar-refractivity contribution in [3.8, 4) is 6.07 Å². The average molecular weight is 393 g/mol. The number of likely N-dealkylation sites (tertiary alicyclic amines) is 1. The molecular weight excluding hydrogens is 370 g/mol. The maximum Gasteiger partial charge on any atom is 0.409 e. The van der Waals surface area contributed by atoms with Gasteiger partial charge < -0.3 is 20.3 Å². The molecule has 150 valence electrons. The van der Waals surface area contributed by atoms with Crippen LogP contribution >= 0.6 is 0 Å². The molecule has 2 heterocycles. The van der Waals surface area contributed by atoms with Crippen LogP contribution < -0.4 is 10.6 Å². The molecule has 2 amide bonds. The lowest BCUT2D eigenvalue weighted by atomic mass is 10.1. The third kappa shape index (κ3) is 5.45. The number of anilines is 2. The average Bonchev–Trinajstić information content (AvgIpc) is 2.75. The van der Waals surface area contributed by atoms with Crippen LogP contribution in [0.3, 0.4) is 0 Å². The summed E-state index contributed by atoms with van der Waals surface area (Å²) < 4.78 is 5.04. The van der Waals surface area contributed by atoms with E-state index in [-0.39, 0.29) is 18.0 Å². The number of rotatable bonds is 5. The van der Waals surface area contributed by atoms with Crippen molar-refractivity contribution in [2.45, 2.75) is 25.8 Å². The van der Waals surface area contributed by atoms with E-state index in [0.29, 0.717) is 36.6 Å². The predicted molar refractivity (Wildman–Crippen MR) is 109 cm³/mol. The van der Waals surface area contributed by atoms with Crippen molar-refractivity contribution in [3.63, 3.8) is 0 Å². The van der Waals surface area contributed by atoms with E-state index in [9.17, 15) is 9.59 Å². The van der Waals surface area contributed by atoms with Crippen molar-refractivity contribution >= 4 is 23.4 Å². The summed E-state index contributed by atoms with van der Waals surface area (Å²) in [6.45, 7) is 3.44. The van der Waals surface area contributed by atoms with E-state index in [0.717, 1.165) is 18.5 Å². The molecule has 0 unspecified atom stereocenters. The number of carbonyl (C=O) groups is 2. The number of hydrogen-bond acceptors (Lipinski definition) is 6. The lowest BCUT2D eigenvalue weighted by Gasteiger charge is -2.32. The van der Waals surface area contributed by atoms with Gasteiger partial charge in [-0.2, -0.15) is 5.26 Å². The predicted octanol–water partition coefficient (Wildman–Crippen LogP) is 3.24. The SMILES string of the molecule is CCOC(=O)N1CCC(Nc2ccnc(C(=O)Nc3ccc(C#N)cc3)c2)CC1. The molecule has 3 rings (SSSR count). The molecule has 1 aliphatic rings. The second-order valence-electron chi connectivity index (χ2n) is 6.68. The Balaban J connectivity index is 1.56. The molecule has 8 nitrogen and oxygen atoms in total. The van der Waals surface area contributed by atoms with Crippen LogP contribution in [-0.2, 0) is 4.74 Å². The fourth-order valence-corrected chi connectivity index (χ4v) is 3.12. The van der Waals surface area contributed by atoms with Crippen LogP contribution in [0.5, 0.6) is 0 Å². The summed E-state index contributed by atoms with van der Waals surface area (Å²) in [5.74, 6) is -0.324. The van der Waals surface area contributed by atoms with Gasteiger partial charge in [-0.25, -0.2) is 4.79 Å². The first-order valence-electron chi connectivity index (χ1n) is 9.55. The van der Waals surface area contributed by atoms with E-state index < -0.39 is 0 Å². The van der Waals surface area contributed by atoms with Crippen LogP contribution in [0.4, 0.5) is 16.2 Å². The summed E-state index contributed by atoms with van der Waals surface area (Å²) in [6, 6.07) is 12.4. The Morgan fingerprint density at radius 1 is 1.21 bits per heavy atom. The van der Waals surface area contributed by atoms with E-state index in [1.165, 1.54) is 0 Å². The molecule has 0 spiro atoms. The lowest BCUT2D eigenvalue weighted by molar-refractivity contribution is 0.0981. The lowest BCUT2D eigenvalue weighted by Crippen LogP contribution is -2.42. The van der Waals surface area contributed by atoms with Gasteiger partial charge in [0.05, 0.1) is 18.2 Å². The summed E-state index contributed by atoms with van der Waals surface area (Å²) in [6.07, 6.45) is 2.92. The molecule has 1 fully saturated rings. The van der Waals surface area contributed by atoms with E-state index >= 15 is 0 Å². The maximum absolute atomic E-state index is 12.5. The van der Waals surface area contributed by atoms with Gasteiger partial charge in [0.1, 0.15) is 5.69 Å². The maximum atomic E-state index is 12.5. The van der Waals surface area contributed by atoms with Gasteiger partial charge in [-0.05, 0) is 56.2 Å². The molecule has 29 heavy (non-hydrogen) atoms. The first-order valence-corrected chi connectivity index (χ1v) is 9.55. The van der Waals surface area contributed by atoms with Crippen LogP contribution in [0.15, 0.2) is 42.6 Å². The van der Waals surface area contributed by atoms with Crippen LogP contribution in [0.25, 0.3) is 0 Å². The molecule has 1 aliphatic heterocycles. The highest BCUT2D eigenvalue weighted by Crippen LogP contribution is 2.18. The number of benzene rings is 1. The highest BCUT2D eigenvalue weighted by molar-refractivity contribution is 6.03. The van der Waals surface area contributed by atoms with Gasteiger partial charge in [0.25, 0.3) is 5.91 Å². The molecule has 1 saturated heterocycles. The summed E-state index contributed by atoms with van der Waals surface area (Å²) in [5, 5.41) is 15.0. The number of nitriles is 1. The Morgan fingerprint density at radius 3 is 2.59 bits per heavy atom. The van der Waals surface area contributed by atoms with E-state index in [1.54, 1.807) is 48.4 Å². The quantitative estimate of drug-likeness (QED) is 0.807. The Labute approximate surface area is 169 Å². The number of piperidine rings is 1. The number of ether oxygens (including phenoxy) is 1. The molecular formula is C21H23N5O3. The first-order chi connectivity index (χ1) is 14.1. The minimum atomic E-state index is -0.324. The van der Waals surface area contributed by atoms with Crippen LogP contribution in [0.1, 0.15) is 35.8 Å². The summed E-state index contributed by atoms with van der Waals surface area (Å²) in [5.41, 5.74) is 2.23. The Hall–Kier alpha value is -3.60. The zero-order chi connectivity index (χ0) is 20.6. The smallest absolute Gasteiger partial charge is 0.409 e. The van der Waals surface area contributed by atoms with Crippen molar-refractivity contribution < 1.29 is 14.3 Å². The molecule has 0 atom stereocenters. The largest absolute Gasteiger partial charge is 0.450 e.